The van der Waals surface area contributed by atoms with Gasteiger partial charge in [-0.3, -0.25) is 9.69 Å². The molecule has 7 nitrogen and oxygen atoms in total. The Morgan fingerprint density at radius 2 is 2.24 bits per heavy atom. The van der Waals surface area contributed by atoms with Crippen molar-refractivity contribution in [3.05, 3.63) is 53.2 Å². The van der Waals surface area contributed by atoms with E-state index in [0.29, 0.717) is 45.5 Å². The normalized spacial score (nSPS) is 24.4. The van der Waals surface area contributed by atoms with Crippen LogP contribution in [0, 0.1) is 0 Å². The Labute approximate surface area is 218 Å². The van der Waals surface area contributed by atoms with Crippen LogP contribution in [0.1, 0.15) is 61.3 Å². The molecule has 0 aliphatic carbocycles. The fourth-order valence-electron chi connectivity index (χ4n) is 5.77. The number of nitrogens with zero attached hydrogens (tertiary/aromatic N) is 2. The van der Waals surface area contributed by atoms with Crippen molar-refractivity contribution >= 4 is 11.8 Å². The number of aryl methyl sites for hydroxylation is 2. The van der Waals surface area contributed by atoms with Crippen LogP contribution in [0.3, 0.4) is 0 Å². The smallest absolute Gasteiger partial charge is 0.304 e. The highest BCUT2D eigenvalue weighted by Crippen LogP contribution is 2.34. The van der Waals surface area contributed by atoms with E-state index in [2.05, 4.69) is 16.3 Å². The zero-order valence-corrected chi connectivity index (χ0v) is 21.5. The van der Waals surface area contributed by atoms with E-state index in [0.717, 1.165) is 61.7 Å². The van der Waals surface area contributed by atoms with Gasteiger partial charge in [-0.1, -0.05) is 18.2 Å². The van der Waals surface area contributed by atoms with Crippen LogP contribution in [-0.2, 0) is 22.4 Å². The number of rotatable bonds is 11. The lowest BCUT2D eigenvalue weighted by Crippen LogP contribution is -2.32. The quantitative estimate of drug-likeness (QED) is 0.456. The number of hydrogen-bond donors (Lipinski definition) is 2. The van der Waals surface area contributed by atoms with Crippen LogP contribution in [0.25, 0.3) is 0 Å². The van der Waals surface area contributed by atoms with E-state index in [4.69, 9.17) is 14.5 Å². The molecule has 1 aromatic heterocycles. The highest BCUT2D eigenvalue weighted by atomic mass is 19.1. The van der Waals surface area contributed by atoms with Gasteiger partial charge in [0.15, 0.2) is 0 Å². The van der Waals surface area contributed by atoms with Gasteiger partial charge in [0, 0.05) is 44.4 Å². The van der Waals surface area contributed by atoms with E-state index in [1.54, 1.807) is 0 Å². The fraction of sp³-hybridized carbons (Fsp3) is 0.586. The second-order valence-electron chi connectivity index (χ2n) is 10.8. The van der Waals surface area contributed by atoms with Gasteiger partial charge < -0.3 is 19.9 Å². The van der Waals surface area contributed by atoms with E-state index in [1.807, 2.05) is 30.3 Å². The molecular weight excluding hydrogens is 473 g/mol. The van der Waals surface area contributed by atoms with Crippen LogP contribution in [0.2, 0.25) is 0 Å². The number of nitrogens with one attached hydrogen (secondary N) is 1. The molecule has 0 amide bonds. The van der Waals surface area contributed by atoms with E-state index in [-0.39, 0.29) is 18.4 Å². The SMILES string of the molecule is O=C(O)CC(CN1CC[C@@](F)(CCc2ccc3c(n2)NCCC3)C1)c1cccc(OC[C@H]2CCCO2)c1. The lowest BCUT2D eigenvalue weighted by atomic mass is 9.94. The van der Waals surface area contributed by atoms with Gasteiger partial charge in [-0.05, 0) is 74.3 Å². The van der Waals surface area contributed by atoms with Gasteiger partial charge in [-0.25, -0.2) is 9.37 Å². The van der Waals surface area contributed by atoms with E-state index in [1.165, 1.54) is 5.56 Å². The van der Waals surface area contributed by atoms with Crippen molar-refractivity contribution in [2.75, 3.05) is 44.7 Å². The molecule has 2 N–H and O–H groups in total. The molecule has 0 radical (unpaired) electrons. The van der Waals surface area contributed by atoms with Crippen LogP contribution >= 0.6 is 0 Å². The van der Waals surface area contributed by atoms with Gasteiger partial charge in [0.2, 0.25) is 0 Å². The van der Waals surface area contributed by atoms with E-state index in [9.17, 15) is 9.90 Å². The maximum absolute atomic E-state index is 15.8. The summed E-state index contributed by atoms with van der Waals surface area (Å²) >= 11 is 0. The largest absolute Gasteiger partial charge is 0.491 e. The second kappa shape index (κ2) is 11.8. The highest BCUT2D eigenvalue weighted by molar-refractivity contribution is 5.68. The van der Waals surface area contributed by atoms with Gasteiger partial charge in [-0.2, -0.15) is 0 Å². The minimum absolute atomic E-state index is 0.00296. The number of aliphatic carboxylic acids is 1. The van der Waals surface area contributed by atoms with E-state index >= 15 is 4.39 Å². The highest BCUT2D eigenvalue weighted by Gasteiger charge is 2.39. The Kier molecular flexibility index (Phi) is 8.25. The Hall–Kier alpha value is -2.71. The van der Waals surface area contributed by atoms with Crippen molar-refractivity contribution in [2.45, 2.75) is 69.1 Å². The van der Waals surface area contributed by atoms with Crippen LogP contribution in [0.5, 0.6) is 5.75 Å². The number of anilines is 1. The molecule has 1 unspecified atom stereocenters. The van der Waals surface area contributed by atoms with Gasteiger partial charge in [0.25, 0.3) is 0 Å². The summed E-state index contributed by atoms with van der Waals surface area (Å²) in [4.78, 5) is 18.5. The number of alkyl halides is 1. The molecule has 2 saturated heterocycles. The molecule has 0 spiro atoms. The molecule has 3 aliphatic rings. The minimum atomic E-state index is -1.29. The van der Waals surface area contributed by atoms with Crippen molar-refractivity contribution in [1.29, 1.82) is 0 Å². The zero-order chi connectivity index (χ0) is 25.7. The van der Waals surface area contributed by atoms with Gasteiger partial charge in [0.1, 0.15) is 23.8 Å². The van der Waals surface area contributed by atoms with E-state index < -0.39 is 11.6 Å². The number of carboxylic acids is 1. The van der Waals surface area contributed by atoms with Gasteiger partial charge in [-0.15, -0.1) is 0 Å². The van der Waals surface area contributed by atoms with Crippen LogP contribution in [0.4, 0.5) is 10.2 Å². The number of pyridine rings is 1. The van der Waals surface area contributed by atoms with Crippen LogP contribution in [-0.4, -0.2) is 72.1 Å². The first kappa shape index (κ1) is 25.9. The molecule has 3 aliphatic heterocycles. The number of likely N-dealkylation sites (tertiary alicyclic amines) is 1. The van der Waals surface area contributed by atoms with Gasteiger partial charge in [0.05, 0.1) is 12.5 Å². The topological polar surface area (TPSA) is 83.9 Å². The molecule has 2 aromatic rings. The lowest BCUT2D eigenvalue weighted by molar-refractivity contribution is -0.137. The third-order valence-corrected chi connectivity index (χ3v) is 7.85. The fourth-order valence-corrected chi connectivity index (χ4v) is 5.77. The van der Waals surface area contributed by atoms with Crippen molar-refractivity contribution in [1.82, 2.24) is 9.88 Å². The number of aromatic nitrogens is 1. The first-order valence-corrected chi connectivity index (χ1v) is 13.7. The number of ether oxygens (including phenoxy) is 2. The number of fused-ring (bicyclic) bond motifs is 1. The summed E-state index contributed by atoms with van der Waals surface area (Å²) in [6, 6.07) is 11.8. The summed E-state index contributed by atoms with van der Waals surface area (Å²) in [6.45, 7) is 3.67. The number of benzene rings is 1. The Morgan fingerprint density at radius 1 is 1.32 bits per heavy atom. The maximum Gasteiger partial charge on any atom is 0.304 e. The third-order valence-electron chi connectivity index (χ3n) is 7.85. The molecule has 0 saturated carbocycles. The Bertz CT molecular complexity index is 1080. The number of hydrogen-bond acceptors (Lipinski definition) is 6. The standard InChI is InChI=1S/C29H38FN3O4/c30-29(11-10-24-9-8-21-5-2-13-31-28(21)32-24)12-14-33(20-29)18-23(17-27(34)35)22-4-1-6-25(16-22)37-19-26-7-3-15-36-26/h1,4,6,8-9,16,23,26H,2-3,5,7,10-15,17-20H2,(H,31,32)(H,34,35)/t23?,26-,29+/m1/s1. The molecule has 3 atom stereocenters. The lowest BCUT2D eigenvalue weighted by Gasteiger charge is -2.25. The minimum Gasteiger partial charge on any atom is -0.491 e. The summed E-state index contributed by atoms with van der Waals surface area (Å²) < 4.78 is 27.4. The molecule has 200 valence electrons. The summed E-state index contributed by atoms with van der Waals surface area (Å²) in [6.07, 6.45) is 5.81. The molecule has 8 heteroatoms. The predicted octanol–water partition coefficient (Wildman–Crippen LogP) is 4.60. The average Bonchev–Trinajstić information content (AvgIpc) is 3.56. The molecule has 4 heterocycles. The molecular formula is C29H38FN3O4. The maximum atomic E-state index is 15.8. The molecule has 0 bridgehead atoms. The van der Waals surface area contributed by atoms with Crippen molar-refractivity contribution < 1.29 is 23.8 Å². The number of carboxylic acid groups (broad SMARTS) is 1. The Balaban J connectivity index is 1.17. The molecule has 2 fully saturated rings. The zero-order valence-electron chi connectivity index (χ0n) is 21.5. The number of halogens is 1. The summed E-state index contributed by atoms with van der Waals surface area (Å²) in [5, 5.41) is 12.9. The first-order chi connectivity index (χ1) is 18.0. The summed E-state index contributed by atoms with van der Waals surface area (Å²) in [7, 11) is 0. The third kappa shape index (κ3) is 6.99. The molecule has 37 heavy (non-hydrogen) atoms. The Morgan fingerprint density at radius 3 is 3.08 bits per heavy atom. The molecule has 1 aromatic carbocycles. The number of carbonyl (C=O) groups is 1. The van der Waals surface area contributed by atoms with Crippen LogP contribution < -0.4 is 10.1 Å². The first-order valence-electron chi connectivity index (χ1n) is 13.7. The van der Waals surface area contributed by atoms with Crippen molar-refractivity contribution in [2.24, 2.45) is 0 Å². The monoisotopic (exact) mass is 511 g/mol. The second-order valence-corrected chi connectivity index (χ2v) is 10.8. The average molecular weight is 512 g/mol. The summed E-state index contributed by atoms with van der Waals surface area (Å²) in [5.74, 6) is 0.577. The molecule has 5 rings (SSSR count). The van der Waals surface area contributed by atoms with Crippen LogP contribution in [0.15, 0.2) is 36.4 Å². The van der Waals surface area contributed by atoms with Gasteiger partial charge >= 0.3 is 5.97 Å². The van der Waals surface area contributed by atoms with Crippen molar-refractivity contribution in [3.8, 4) is 5.75 Å². The summed E-state index contributed by atoms with van der Waals surface area (Å²) in [5.41, 5.74) is 1.79. The predicted molar refractivity (Wildman–Crippen MR) is 140 cm³/mol. The van der Waals surface area contributed by atoms with Crippen molar-refractivity contribution in [3.63, 3.8) is 0 Å².